The van der Waals surface area contributed by atoms with Crippen molar-refractivity contribution in [1.29, 1.82) is 0 Å². The maximum Gasteiger partial charge on any atom is 0.412 e. The second-order valence-corrected chi connectivity index (χ2v) is 10.5. The number of benzene rings is 2. The van der Waals surface area contributed by atoms with Gasteiger partial charge in [-0.05, 0) is 55.6 Å². The molecule has 0 aliphatic heterocycles. The van der Waals surface area contributed by atoms with E-state index in [4.69, 9.17) is 9.47 Å². The summed E-state index contributed by atoms with van der Waals surface area (Å²) in [4.78, 5) is 45.5. The van der Waals surface area contributed by atoms with Crippen LogP contribution >= 0.6 is 11.3 Å². The number of urea groups is 1. The van der Waals surface area contributed by atoms with Crippen LogP contribution < -0.4 is 26.2 Å². The smallest absolute Gasteiger partial charge is 0.412 e. The van der Waals surface area contributed by atoms with E-state index in [1.807, 2.05) is 19.0 Å². The standard InChI is InChI=1S/C29H29F2N7O6S/c1-38(2)14-18-24(26(39)33-22-12-13-23(42-3)36-35-22)27(34-29(41)44-15-19-20(30)6-5-7-21(19)31)45-25(18)16-8-10-17(11-9-16)32-28(40)37-43-4/h5-13H,14-15H2,1-4H3,(H,34,41)(H2,32,37,40)(H,33,35,39). The van der Waals surface area contributed by atoms with E-state index in [1.165, 1.54) is 32.4 Å². The Morgan fingerprint density at radius 1 is 0.889 bits per heavy atom. The fourth-order valence-electron chi connectivity index (χ4n) is 4.06. The third kappa shape index (κ3) is 8.47. The molecule has 2 aromatic carbocycles. The number of ether oxygens (including phenoxy) is 2. The molecule has 0 saturated heterocycles. The van der Waals surface area contributed by atoms with E-state index < -0.39 is 41.8 Å². The van der Waals surface area contributed by atoms with Crippen LogP contribution in [0, 0.1) is 11.6 Å². The van der Waals surface area contributed by atoms with Crippen molar-refractivity contribution < 1.29 is 37.5 Å². The zero-order valence-electron chi connectivity index (χ0n) is 24.6. The number of methoxy groups -OCH3 is 1. The molecular formula is C29H29F2N7O6S. The number of amides is 4. The highest BCUT2D eigenvalue weighted by molar-refractivity contribution is 7.20. The van der Waals surface area contributed by atoms with Gasteiger partial charge in [-0.1, -0.05) is 18.2 Å². The number of rotatable bonds is 11. The van der Waals surface area contributed by atoms with Crippen LogP contribution in [0.15, 0.2) is 54.6 Å². The molecule has 0 unspecified atom stereocenters. The van der Waals surface area contributed by atoms with Crippen LogP contribution in [0.3, 0.4) is 0 Å². The van der Waals surface area contributed by atoms with E-state index in [0.29, 0.717) is 21.7 Å². The summed E-state index contributed by atoms with van der Waals surface area (Å²) in [6.07, 6.45) is -1.04. The van der Waals surface area contributed by atoms with Crippen LogP contribution in [-0.2, 0) is 22.7 Å². The van der Waals surface area contributed by atoms with Crippen molar-refractivity contribution in [3.8, 4) is 16.3 Å². The Morgan fingerprint density at radius 2 is 1.60 bits per heavy atom. The molecule has 0 atom stereocenters. The summed E-state index contributed by atoms with van der Waals surface area (Å²) >= 11 is 1.09. The zero-order chi connectivity index (χ0) is 32.5. The highest BCUT2D eigenvalue weighted by Gasteiger charge is 2.27. The number of aromatic nitrogens is 2. The summed E-state index contributed by atoms with van der Waals surface area (Å²) in [5.74, 6) is -1.98. The monoisotopic (exact) mass is 641 g/mol. The molecule has 4 aromatic rings. The maximum atomic E-state index is 14.1. The lowest BCUT2D eigenvalue weighted by molar-refractivity contribution is 0.102. The summed E-state index contributed by atoms with van der Waals surface area (Å²) < 4.78 is 38.3. The molecule has 0 aliphatic carbocycles. The van der Waals surface area contributed by atoms with E-state index in [0.717, 1.165) is 23.5 Å². The van der Waals surface area contributed by atoms with E-state index in [-0.39, 0.29) is 28.8 Å². The third-order valence-electron chi connectivity index (χ3n) is 6.02. The van der Waals surface area contributed by atoms with Gasteiger partial charge < -0.3 is 25.0 Å². The molecule has 2 aromatic heterocycles. The van der Waals surface area contributed by atoms with Crippen molar-refractivity contribution >= 4 is 45.9 Å². The third-order valence-corrected chi connectivity index (χ3v) is 7.22. The van der Waals surface area contributed by atoms with Crippen LogP contribution in [0.1, 0.15) is 21.5 Å². The highest BCUT2D eigenvalue weighted by atomic mass is 32.1. The predicted molar refractivity (Wildman–Crippen MR) is 163 cm³/mol. The highest BCUT2D eigenvalue weighted by Crippen LogP contribution is 2.42. The molecule has 2 heterocycles. The first-order valence-electron chi connectivity index (χ1n) is 13.2. The van der Waals surface area contributed by atoms with Crippen molar-refractivity contribution in [1.82, 2.24) is 20.6 Å². The fraction of sp³-hybridized carbons (Fsp3) is 0.207. The lowest BCUT2D eigenvalue weighted by Crippen LogP contribution is -2.27. The first kappa shape index (κ1) is 32.7. The minimum absolute atomic E-state index is 0.108. The molecule has 45 heavy (non-hydrogen) atoms. The second kappa shape index (κ2) is 15.0. The average molecular weight is 642 g/mol. The van der Waals surface area contributed by atoms with Gasteiger partial charge in [0.25, 0.3) is 5.91 Å². The predicted octanol–water partition coefficient (Wildman–Crippen LogP) is 5.24. The van der Waals surface area contributed by atoms with Gasteiger partial charge in [-0.25, -0.2) is 23.9 Å². The van der Waals surface area contributed by atoms with E-state index in [2.05, 4.69) is 36.5 Å². The van der Waals surface area contributed by atoms with E-state index in [9.17, 15) is 23.2 Å². The average Bonchev–Trinajstić information content (AvgIpc) is 3.34. The quantitative estimate of drug-likeness (QED) is 0.161. The minimum atomic E-state index is -1.04. The van der Waals surface area contributed by atoms with Crippen LogP contribution in [0.25, 0.3) is 10.4 Å². The Labute approximate surface area is 260 Å². The van der Waals surface area contributed by atoms with Crippen LogP contribution in [0.2, 0.25) is 0 Å². The van der Waals surface area contributed by atoms with Gasteiger partial charge in [-0.15, -0.1) is 21.5 Å². The molecule has 4 amide bonds. The van der Waals surface area contributed by atoms with Crippen molar-refractivity contribution in [3.05, 3.63) is 82.9 Å². The van der Waals surface area contributed by atoms with Crippen molar-refractivity contribution in [3.63, 3.8) is 0 Å². The first-order valence-corrected chi connectivity index (χ1v) is 14.0. The van der Waals surface area contributed by atoms with Crippen molar-refractivity contribution in [2.45, 2.75) is 13.2 Å². The SMILES string of the molecule is CONC(=O)Nc1ccc(-c2sc(NC(=O)OCc3c(F)cccc3F)c(C(=O)Nc3ccc(OC)nn3)c2CN(C)C)cc1. The summed E-state index contributed by atoms with van der Waals surface area (Å²) in [6.45, 7) is -0.405. The first-order chi connectivity index (χ1) is 21.6. The summed E-state index contributed by atoms with van der Waals surface area (Å²) in [7, 11) is 6.35. The molecule has 0 bridgehead atoms. The number of nitrogens with one attached hydrogen (secondary N) is 4. The lowest BCUT2D eigenvalue weighted by Gasteiger charge is -2.14. The number of hydroxylamine groups is 1. The Hall–Kier alpha value is -5.19. The van der Waals surface area contributed by atoms with Gasteiger partial charge in [-0.3, -0.25) is 14.9 Å². The van der Waals surface area contributed by atoms with Crippen molar-refractivity contribution in [2.24, 2.45) is 0 Å². The molecule has 0 spiro atoms. The number of carbonyl (C=O) groups is 3. The molecule has 0 saturated carbocycles. The molecule has 13 nitrogen and oxygen atoms in total. The normalized spacial score (nSPS) is 10.7. The van der Waals surface area contributed by atoms with E-state index in [1.54, 1.807) is 24.3 Å². The van der Waals surface area contributed by atoms with Crippen LogP contribution in [0.5, 0.6) is 5.88 Å². The topological polar surface area (TPSA) is 156 Å². The fourth-order valence-corrected chi connectivity index (χ4v) is 5.26. The Morgan fingerprint density at radius 3 is 2.20 bits per heavy atom. The number of nitrogens with zero attached hydrogens (tertiary/aromatic N) is 3. The number of anilines is 3. The van der Waals surface area contributed by atoms with Gasteiger partial charge in [0.05, 0.1) is 25.3 Å². The van der Waals surface area contributed by atoms with Crippen LogP contribution in [-0.4, -0.2) is 61.4 Å². The van der Waals surface area contributed by atoms with Gasteiger partial charge in [0.2, 0.25) is 5.88 Å². The van der Waals surface area contributed by atoms with E-state index >= 15 is 0 Å². The summed E-state index contributed by atoms with van der Waals surface area (Å²) in [5, 5.41) is 15.8. The summed E-state index contributed by atoms with van der Waals surface area (Å²) in [6, 6.07) is 12.5. The van der Waals surface area contributed by atoms with Crippen LogP contribution in [0.4, 0.5) is 34.9 Å². The van der Waals surface area contributed by atoms with Gasteiger partial charge in [0, 0.05) is 23.2 Å². The Balaban J connectivity index is 1.70. The van der Waals surface area contributed by atoms with Gasteiger partial charge >= 0.3 is 12.1 Å². The van der Waals surface area contributed by atoms with Gasteiger partial charge in [0.1, 0.15) is 23.2 Å². The number of thiophene rings is 1. The summed E-state index contributed by atoms with van der Waals surface area (Å²) in [5.41, 5.74) is 3.54. The van der Waals surface area contributed by atoms with Crippen molar-refractivity contribution in [2.75, 3.05) is 44.3 Å². The second-order valence-electron chi connectivity index (χ2n) is 9.51. The number of hydrogen-bond donors (Lipinski definition) is 4. The molecule has 4 N–H and O–H groups in total. The number of halogens is 2. The molecule has 236 valence electrons. The Bertz CT molecular complexity index is 1650. The minimum Gasteiger partial charge on any atom is -0.480 e. The molecule has 0 aliphatic rings. The van der Waals surface area contributed by atoms with Gasteiger partial charge in [-0.2, -0.15) is 0 Å². The molecular weight excluding hydrogens is 612 g/mol. The number of carbonyl (C=O) groups excluding carboxylic acids is 3. The zero-order valence-corrected chi connectivity index (χ0v) is 25.4. The lowest BCUT2D eigenvalue weighted by atomic mass is 10.0. The van der Waals surface area contributed by atoms with Gasteiger partial charge in [0.15, 0.2) is 5.82 Å². The molecule has 0 radical (unpaired) electrons. The number of hydrogen-bond acceptors (Lipinski definition) is 10. The maximum absolute atomic E-state index is 14.1. The Kier molecular flexibility index (Phi) is 10.9. The largest absolute Gasteiger partial charge is 0.480 e. The molecule has 0 fully saturated rings. The molecule has 4 rings (SSSR count). The molecule has 16 heteroatoms.